The zero-order valence-corrected chi connectivity index (χ0v) is 10.6. The van der Waals surface area contributed by atoms with Crippen LogP contribution < -0.4 is 0 Å². The van der Waals surface area contributed by atoms with E-state index in [1.54, 1.807) is 24.7 Å². The lowest BCUT2D eigenvalue weighted by Gasteiger charge is -2.26. The molecule has 2 heterocycles. The molecule has 0 saturated carbocycles. The molecule has 1 N–H and O–H groups in total. The van der Waals surface area contributed by atoms with E-state index in [4.69, 9.17) is 0 Å². The van der Waals surface area contributed by atoms with Crippen LogP contribution in [0, 0.1) is 0 Å². The normalized spacial score (nSPS) is 10.6. The van der Waals surface area contributed by atoms with Gasteiger partial charge in [-0.3, -0.25) is 9.78 Å². The molecule has 2 aromatic heterocycles. The average molecular weight is 243 g/mol. The highest BCUT2D eigenvalue weighted by Crippen LogP contribution is 2.11. The summed E-state index contributed by atoms with van der Waals surface area (Å²) < 4.78 is 0. The summed E-state index contributed by atoms with van der Waals surface area (Å²) in [5.41, 5.74) is 1.65. The van der Waals surface area contributed by atoms with Crippen LogP contribution in [0.2, 0.25) is 0 Å². The number of rotatable bonds is 4. The lowest BCUT2D eigenvalue weighted by Crippen LogP contribution is -2.36. The zero-order chi connectivity index (χ0) is 13.0. The maximum atomic E-state index is 12.3. The van der Waals surface area contributed by atoms with Gasteiger partial charge in [0.15, 0.2) is 0 Å². The van der Waals surface area contributed by atoms with Crippen LogP contribution in [0.15, 0.2) is 42.9 Å². The Morgan fingerprint density at radius 1 is 1.39 bits per heavy atom. The summed E-state index contributed by atoms with van der Waals surface area (Å²) in [6, 6.07) is 7.62. The summed E-state index contributed by atoms with van der Waals surface area (Å²) in [6.45, 7) is 4.60. The number of amides is 1. The van der Waals surface area contributed by atoms with Crippen LogP contribution in [0.3, 0.4) is 0 Å². The summed E-state index contributed by atoms with van der Waals surface area (Å²) >= 11 is 0. The minimum atomic E-state index is 0.0128. The van der Waals surface area contributed by atoms with E-state index >= 15 is 0 Å². The van der Waals surface area contributed by atoms with Crippen LogP contribution in [0.1, 0.15) is 29.9 Å². The second-order valence-electron chi connectivity index (χ2n) is 4.47. The van der Waals surface area contributed by atoms with Crippen molar-refractivity contribution in [1.82, 2.24) is 14.9 Å². The van der Waals surface area contributed by atoms with Gasteiger partial charge in [-0.15, -0.1) is 0 Å². The predicted molar refractivity (Wildman–Crippen MR) is 70.0 cm³/mol. The number of nitrogens with zero attached hydrogens (tertiary/aromatic N) is 2. The monoisotopic (exact) mass is 243 g/mol. The Morgan fingerprint density at radius 3 is 2.78 bits per heavy atom. The molecule has 0 aliphatic rings. The van der Waals surface area contributed by atoms with Gasteiger partial charge >= 0.3 is 0 Å². The van der Waals surface area contributed by atoms with Crippen LogP contribution in [0.4, 0.5) is 0 Å². The molecule has 0 saturated heterocycles. The first-order valence-corrected chi connectivity index (χ1v) is 6.01. The molecule has 4 heteroatoms. The predicted octanol–water partition coefficient (Wildman–Crippen LogP) is 2.46. The minimum absolute atomic E-state index is 0.0128. The summed E-state index contributed by atoms with van der Waals surface area (Å²) in [6.07, 6.45) is 5.28. The van der Waals surface area contributed by atoms with Gasteiger partial charge in [0.1, 0.15) is 5.69 Å². The van der Waals surface area contributed by atoms with Gasteiger partial charge in [-0.25, -0.2) is 0 Å². The first-order valence-electron chi connectivity index (χ1n) is 6.01. The lowest BCUT2D eigenvalue weighted by atomic mass is 10.2. The van der Waals surface area contributed by atoms with Crippen molar-refractivity contribution in [2.45, 2.75) is 26.4 Å². The summed E-state index contributed by atoms with van der Waals surface area (Å²) in [5.74, 6) is 0.0128. The second kappa shape index (κ2) is 5.49. The average Bonchev–Trinajstić information content (AvgIpc) is 2.90. The molecule has 1 amide bonds. The smallest absolute Gasteiger partial charge is 0.270 e. The van der Waals surface area contributed by atoms with Crippen molar-refractivity contribution in [3.05, 3.63) is 54.1 Å². The summed E-state index contributed by atoms with van der Waals surface area (Å²) in [5, 5.41) is 0. The van der Waals surface area contributed by atoms with Gasteiger partial charge in [0.05, 0.1) is 0 Å². The van der Waals surface area contributed by atoms with Gasteiger partial charge in [-0.1, -0.05) is 6.07 Å². The Labute approximate surface area is 107 Å². The first kappa shape index (κ1) is 12.4. The van der Waals surface area contributed by atoms with E-state index in [1.807, 2.05) is 36.9 Å². The fraction of sp³-hybridized carbons (Fsp3) is 0.286. The third kappa shape index (κ3) is 2.77. The molecule has 18 heavy (non-hydrogen) atoms. The van der Waals surface area contributed by atoms with Gasteiger partial charge in [-0.05, 0) is 37.6 Å². The Hall–Kier alpha value is -2.10. The van der Waals surface area contributed by atoms with E-state index in [2.05, 4.69) is 9.97 Å². The van der Waals surface area contributed by atoms with Crippen LogP contribution in [0.5, 0.6) is 0 Å². The maximum Gasteiger partial charge on any atom is 0.270 e. The van der Waals surface area contributed by atoms with Crippen molar-refractivity contribution in [3.63, 3.8) is 0 Å². The molecule has 2 aromatic rings. The third-order valence-electron chi connectivity index (χ3n) is 2.79. The third-order valence-corrected chi connectivity index (χ3v) is 2.79. The van der Waals surface area contributed by atoms with Crippen LogP contribution in [-0.2, 0) is 6.54 Å². The molecule has 0 bridgehead atoms. The van der Waals surface area contributed by atoms with Crippen molar-refractivity contribution < 1.29 is 4.79 Å². The van der Waals surface area contributed by atoms with Gasteiger partial charge in [-0.2, -0.15) is 0 Å². The molecule has 94 valence electrons. The highest BCUT2D eigenvalue weighted by Gasteiger charge is 2.19. The molecule has 4 nitrogen and oxygen atoms in total. The molecule has 0 spiro atoms. The standard InChI is InChI=1S/C14H17N3O/c1-11(2)17(10-12-5-3-7-15-9-12)14(18)13-6-4-8-16-13/h3-9,11,16H,10H2,1-2H3. The molecule has 0 aromatic carbocycles. The molecule has 0 atom stereocenters. The Morgan fingerprint density at radius 2 is 2.22 bits per heavy atom. The van der Waals surface area contributed by atoms with E-state index in [9.17, 15) is 4.79 Å². The molecule has 2 rings (SSSR count). The minimum Gasteiger partial charge on any atom is -0.357 e. The fourth-order valence-electron chi connectivity index (χ4n) is 1.80. The molecular formula is C14H17N3O. The molecule has 0 aliphatic heterocycles. The quantitative estimate of drug-likeness (QED) is 0.896. The molecule has 0 radical (unpaired) electrons. The summed E-state index contributed by atoms with van der Waals surface area (Å²) in [7, 11) is 0. The van der Waals surface area contributed by atoms with E-state index in [1.165, 1.54) is 0 Å². The van der Waals surface area contributed by atoms with Crippen molar-refractivity contribution in [1.29, 1.82) is 0 Å². The molecule has 0 unspecified atom stereocenters. The Kier molecular flexibility index (Phi) is 3.77. The Balaban J connectivity index is 2.17. The number of hydrogen-bond acceptors (Lipinski definition) is 2. The number of aromatic amines is 1. The van der Waals surface area contributed by atoms with Gasteiger partial charge in [0, 0.05) is 31.2 Å². The number of H-pyrrole nitrogens is 1. The summed E-state index contributed by atoms with van der Waals surface area (Å²) in [4.78, 5) is 21.2. The van der Waals surface area contributed by atoms with Crippen LogP contribution in [-0.4, -0.2) is 26.8 Å². The number of hydrogen-bond donors (Lipinski definition) is 1. The number of pyridine rings is 1. The van der Waals surface area contributed by atoms with Crippen LogP contribution in [0.25, 0.3) is 0 Å². The number of carbonyl (C=O) groups is 1. The highest BCUT2D eigenvalue weighted by molar-refractivity contribution is 5.92. The Bertz CT molecular complexity index is 491. The SMILES string of the molecule is CC(C)N(Cc1cccnc1)C(=O)c1ccc[nH]1. The van der Waals surface area contributed by atoms with Crippen molar-refractivity contribution in [3.8, 4) is 0 Å². The number of carbonyl (C=O) groups excluding carboxylic acids is 1. The largest absolute Gasteiger partial charge is 0.357 e. The van der Waals surface area contributed by atoms with Gasteiger partial charge in [0.2, 0.25) is 0 Å². The van der Waals surface area contributed by atoms with Gasteiger partial charge in [0.25, 0.3) is 5.91 Å². The van der Waals surface area contributed by atoms with Crippen molar-refractivity contribution in [2.24, 2.45) is 0 Å². The maximum absolute atomic E-state index is 12.3. The first-order chi connectivity index (χ1) is 8.68. The van der Waals surface area contributed by atoms with E-state index in [0.717, 1.165) is 5.56 Å². The fourth-order valence-corrected chi connectivity index (χ4v) is 1.80. The zero-order valence-electron chi connectivity index (χ0n) is 10.6. The van der Waals surface area contributed by atoms with Crippen molar-refractivity contribution >= 4 is 5.91 Å². The lowest BCUT2D eigenvalue weighted by molar-refractivity contribution is 0.0685. The second-order valence-corrected chi connectivity index (χ2v) is 4.47. The van der Waals surface area contributed by atoms with Crippen LogP contribution >= 0.6 is 0 Å². The van der Waals surface area contributed by atoms with E-state index in [0.29, 0.717) is 12.2 Å². The van der Waals surface area contributed by atoms with E-state index < -0.39 is 0 Å². The molecule has 0 aliphatic carbocycles. The number of aromatic nitrogens is 2. The topological polar surface area (TPSA) is 49.0 Å². The van der Waals surface area contributed by atoms with Gasteiger partial charge < -0.3 is 9.88 Å². The number of nitrogens with one attached hydrogen (secondary N) is 1. The molecule has 0 fully saturated rings. The molecular weight excluding hydrogens is 226 g/mol. The van der Waals surface area contributed by atoms with E-state index in [-0.39, 0.29) is 11.9 Å². The highest BCUT2D eigenvalue weighted by atomic mass is 16.2. The van der Waals surface area contributed by atoms with Crippen molar-refractivity contribution in [2.75, 3.05) is 0 Å².